The zero-order valence-corrected chi connectivity index (χ0v) is 12.5. The second-order valence-corrected chi connectivity index (χ2v) is 6.09. The maximum Gasteiger partial charge on any atom is 0.239 e. The number of nitrogens with zero attached hydrogens (tertiary/aromatic N) is 1. The Morgan fingerprint density at radius 3 is 2.95 bits per heavy atom. The minimum Gasteiger partial charge on any atom is -0.487 e. The van der Waals surface area contributed by atoms with E-state index >= 15 is 0 Å². The molecule has 0 saturated heterocycles. The normalized spacial score (nSPS) is 21.8. The quantitative estimate of drug-likeness (QED) is 0.834. The Morgan fingerprint density at radius 2 is 2.19 bits per heavy atom. The van der Waals surface area contributed by atoms with Gasteiger partial charge in [0.2, 0.25) is 5.91 Å². The Morgan fingerprint density at radius 1 is 1.43 bits per heavy atom. The molecule has 0 bridgehead atoms. The average molecular weight is 289 g/mol. The van der Waals surface area contributed by atoms with Gasteiger partial charge in [-0.05, 0) is 38.0 Å². The third-order valence-electron chi connectivity index (χ3n) is 4.18. The van der Waals surface area contributed by atoms with Crippen molar-refractivity contribution in [3.63, 3.8) is 0 Å². The first-order chi connectivity index (χ1) is 10.1. The molecule has 1 amide bonds. The van der Waals surface area contributed by atoms with Crippen molar-refractivity contribution in [2.24, 2.45) is 0 Å². The predicted octanol–water partition coefficient (Wildman–Crippen LogP) is 1.91. The van der Waals surface area contributed by atoms with E-state index in [1.165, 1.54) is 12.8 Å². The maximum absolute atomic E-state index is 12.2. The van der Waals surface area contributed by atoms with Gasteiger partial charge in [-0.3, -0.25) is 4.79 Å². The van der Waals surface area contributed by atoms with Crippen molar-refractivity contribution in [3.8, 4) is 5.75 Å². The van der Waals surface area contributed by atoms with Crippen molar-refractivity contribution in [2.75, 3.05) is 23.7 Å². The molecule has 1 aliphatic heterocycles. The molecule has 114 valence electrons. The van der Waals surface area contributed by atoms with Crippen LogP contribution in [-0.4, -0.2) is 31.1 Å². The zero-order valence-electron chi connectivity index (χ0n) is 12.5. The molecule has 3 rings (SSSR count). The molecule has 0 aromatic heterocycles. The van der Waals surface area contributed by atoms with Crippen molar-refractivity contribution in [1.29, 1.82) is 0 Å². The average Bonchev–Trinajstić information content (AvgIpc) is 2.92. The fourth-order valence-electron chi connectivity index (χ4n) is 3.21. The van der Waals surface area contributed by atoms with Gasteiger partial charge in [-0.1, -0.05) is 12.8 Å². The van der Waals surface area contributed by atoms with Crippen LogP contribution in [0.2, 0.25) is 0 Å². The second-order valence-electron chi connectivity index (χ2n) is 6.09. The van der Waals surface area contributed by atoms with E-state index in [1.54, 1.807) is 0 Å². The summed E-state index contributed by atoms with van der Waals surface area (Å²) in [6, 6.07) is 5.94. The Hall–Kier alpha value is -1.91. The highest BCUT2D eigenvalue weighted by Crippen LogP contribution is 2.34. The zero-order chi connectivity index (χ0) is 14.8. The highest BCUT2D eigenvalue weighted by molar-refractivity contribution is 5.83. The minimum absolute atomic E-state index is 0.0698. The van der Waals surface area contributed by atoms with Crippen molar-refractivity contribution < 1.29 is 9.53 Å². The van der Waals surface area contributed by atoms with E-state index in [-0.39, 0.29) is 12.0 Å². The van der Waals surface area contributed by atoms with E-state index in [2.05, 4.69) is 10.2 Å². The van der Waals surface area contributed by atoms with Crippen molar-refractivity contribution in [1.82, 2.24) is 5.32 Å². The molecule has 1 heterocycles. The van der Waals surface area contributed by atoms with Crippen LogP contribution in [0, 0.1) is 0 Å². The maximum atomic E-state index is 12.2. The summed E-state index contributed by atoms with van der Waals surface area (Å²) >= 11 is 0. The molecule has 1 atom stereocenters. The monoisotopic (exact) mass is 289 g/mol. The summed E-state index contributed by atoms with van der Waals surface area (Å²) in [4.78, 5) is 14.3. The van der Waals surface area contributed by atoms with Crippen LogP contribution in [0.25, 0.3) is 0 Å². The molecule has 1 aliphatic carbocycles. The lowest BCUT2D eigenvalue weighted by atomic mass is 10.1. The number of benzene rings is 1. The van der Waals surface area contributed by atoms with Gasteiger partial charge in [0.05, 0.1) is 18.8 Å². The SMILES string of the molecule is CC1CN(CC(=O)NC2CCCC2)c2cc(N)ccc2O1. The van der Waals surface area contributed by atoms with Gasteiger partial charge in [-0.25, -0.2) is 0 Å². The van der Waals surface area contributed by atoms with E-state index in [1.807, 2.05) is 25.1 Å². The van der Waals surface area contributed by atoms with Crippen LogP contribution in [0.3, 0.4) is 0 Å². The molecule has 1 aromatic carbocycles. The summed E-state index contributed by atoms with van der Waals surface area (Å²) in [6.07, 6.45) is 4.72. The number of hydrogen-bond donors (Lipinski definition) is 2. The number of nitrogen functional groups attached to an aromatic ring is 1. The number of hydrogen-bond acceptors (Lipinski definition) is 4. The molecule has 1 aromatic rings. The largest absolute Gasteiger partial charge is 0.487 e. The molecular formula is C16H23N3O2. The van der Waals surface area contributed by atoms with E-state index in [0.29, 0.717) is 24.8 Å². The topological polar surface area (TPSA) is 67.6 Å². The third-order valence-corrected chi connectivity index (χ3v) is 4.18. The van der Waals surface area contributed by atoms with Crippen molar-refractivity contribution in [3.05, 3.63) is 18.2 Å². The number of fused-ring (bicyclic) bond motifs is 1. The molecule has 2 aliphatic rings. The molecular weight excluding hydrogens is 266 g/mol. The first-order valence-corrected chi connectivity index (χ1v) is 7.72. The van der Waals surface area contributed by atoms with Crippen LogP contribution < -0.4 is 20.7 Å². The Labute approximate surface area is 125 Å². The summed E-state index contributed by atoms with van der Waals surface area (Å²) in [6.45, 7) is 3.08. The molecule has 0 spiro atoms. The third kappa shape index (κ3) is 3.23. The lowest BCUT2D eigenvalue weighted by Gasteiger charge is -2.34. The van der Waals surface area contributed by atoms with Gasteiger partial charge in [0.15, 0.2) is 0 Å². The van der Waals surface area contributed by atoms with Crippen LogP contribution in [0.5, 0.6) is 5.75 Å². The fourth-order valence-corrected chi connectivity index (χ4v) is 3.21. The molecule has 5 heteroatoms. The number of carbonyl (C=O) groups is 1. The van der Waals surface area contributed by atoms with Crippen LogP contribution >= 0.6 is 0 Å². The van der Waals surface area contributed by atoms with Crippen LogP contribution in [0.15, 0.2) is 18.2 Å². The molecule has 1 fully saturated rings. The van der Waals surface area contributed by atoms with Gasteiger partial charge in [0.1, 0.15) is 11.9 Å². The summed E-state index contributed by atoms with van der Waals surface area (Å²) in [5, 5.41) is 3.13. The van der Waals surface area contributed by atoms with Crippen molar-refractivity contribution in [2.45, 2.75) is 44.8 Å². The minimum atomic E-state index is 0.0698. The standard InChI is InChI=1S/C16H23N3O2/c1-11-9-19(10-16(20)18-13-4-2-3-5-13)14-8-12(17)6-7-15(14)21-11/h6-8,11,13H,2-5,9-10,17H2,1H3,(H,18,20). The van der Waals surface area contributed by atoms with Gasteiger partial charge in [-0.2, -0.15) is 0 Å². The van der Waals surface area contributed by atoms with Crippen LogP contribution in [0.1, 0.15) is 32.6 Å². The summed E-state index contributed by atoms with van der Waals surface area (Å²) in [5.41, 5.74) is 7.46. The van der Waals surface area contributed by atoms with Gasteiger partial charge in [0.25, 0.3) is 0 Å². The van der Waals surface area contributed by atoms with Crippen LogP contribution in [0.4, 0.5) is 11.4 Å². The van der Waals surface area contributed by atoms with E-state index < -0.39 is 0 Å². The Balaban J connectivity index is 1.70. The van der Waals surface area contributed by atoms with Crippen molar-refractivity contribution >= 4 is 17.3 Å². The molecule has 3 N–H and O–H groups in total. The molecule has 21 heavy (non-hydrogen) atoms. The van der Waals surface area contributed by atoms with E-state index in [0.717, 1.165) is 24.3 Å². The number of amides is 1. The van der Waals surface area contributed by atoms with E-state index in [4.69, 9.17) is 10.5 Å². The highest BCUT2D eigenvalue weighted by atomic mass is 16.5. The smallest absolute Gasteiger partial charge is 0.239 e. The lowest BCUT2D eigenvalue weighted by molar-refractivity contribution is -0.120. The van der Waals surface area contributed by atoms with Gasteiger partial charge >= 0.3 is 0 Å². The fraction of sp³-hybridized carbons (Fsp3) is 0.562. The number of ether oxygens (including phenoxy) is 1. The number of nitrogens with one attached hydrogen (secondary N) is 1. The van der Waals surface area contributed by atoms with E-state index in [9.17, 15) is 4.79 Å². The van der Waals surface area contributed by atoms with Gasteiger partial charge in [-0.15, -0.1) is 0 Å². The number of carbonyl (C=O) groups excluding carboxylic acids is 1. The number of rotatable bonds is 3. The second kappa shape index (κ2) is 5.84. The van der Waals surface area contributed by atoms with Crippen LogP contribution in [-0.2, 0) is 4.79 Å². The Kier molecular flexibility index (Phi) is 3.90. The molecule has 1 unspecified atom stereocenters. The molecule has 1 saturated carbocycles. The summed E-state index contributed by atoms with van der Waals surface area (Å²) in [5.74, 6) is 0.890. The predicted molar refractivity (Wildman–Crippen MR) is 83.6 cm³/mol. The highest BCUT2D eigenvalue weighted by Gasteiger charge is 2.26. The first kappa shape index (κ1) is 14.0. The molecule has 5 nitrogen and oxygen atoms in total. The van der Waals surface area contributed by atoms with Gasteiger partial charge in [0, 0.05) is 11.7 Å². The summed E-state index contributed by atoms with van der Waals surface area (Å²) < 4.78 is 5.80. The summed E-state index contributed by atoms with van der Waals surface area (Å²) in [7, 11) is 0. The number of anilines is 2. The van der Waals surface area contributed by atoms with Gasteiger partial charge < -0.3 is 20.7 Å². The number of nitrogens with two attached hydrogens (primary N) is 1. The Bertz CT molecular complexity index is 526. The first-order valence-electron chi connectivity index (χ1n) is 7.72. The lowest BCUT2D eigenvalue weighted by Crippen LogP contribution is -2.46. The molecule has 0 radical (unpaired) electrons.